The van der Waals surface area contributed by atoms with Crippen molar-refractivity contribution in [2.24, 2.45) is 13.0 Å². The summed E-state index contributed by atoms with van der Waals surface area (Å²) in [6.07, 6.45) is 2.21. The van der Waals surface area contributed by atoms with Crippen LogP contribution >= 0.6 is 0 Å². The van der Waals surface area contributed by atoms with E-state index < -0.39 is 25.0 Å². The lowest BCUT2D eigenvalue weighted by Gasteiger charge is -2.34. The molecule has 3 aromatic heterocycles. The first-order valence-corrected chi connectivity index (χ1v) is 11.4. The Morgan fingerprint density at radius 3 is 2.77 bits per heavy atom. The molecule has 5 rings (SSSR count). The lowest BCUT2D eigenvalue weighted by molar-refractivity contribution is -0.117. The number of hydrogen-bond donors (Lipinski definition) is 2. The van der Waals surface area contributed by atoms with Crippen LogP contribution in [0.25, 0.3) is 11.3 Å². The molecule has 182 valence electrons. The SMILES string of the molecule is [2H]C([2H])([2H])CC(=O)c1cnc(NC(=O)C2CC2)cc1Nc1nc(C)cc2c1N(C)[C@H](C)c1c-2nn(C)c1F. The van der Waals surface area contributed by atoms with E-state index in [-0.39, 0.29) is 34.9 Å². The maximum absolute atomic E-state index is 14.9. The van der Waals surface area contributed by atoms with Crippen molar-refractivity contribution in [3.8, 4) is 11.3 Å². The van der Waals surface area contributed by atoms with Gasteiger partial charge >= 0.3 is 0 Å². The maximum atomic E-state index is 14.9. The maximum Gasteiger partial charge on any atom is 0.228 e. The normalized spacial score (nSPS) is 18.1. The zero-order chi connectivity index (χ0) is 27.5. The summed E-state index contributed by atoms with van der Waals surface area (Å²) in [7, 11) is 3.36. The molecular formula is C25H28FN7O2. The average molecular weight is 481 g/mol. The van der Waals surface area contributed by atoms with Gasteiger partial charge in [-0.05, 0) is 32.8 Å². The van der Waals surface area contributed by atoms with E-state index in [1.54, 1.807) is 14.0 Å². The van der Waals surface area contributed by atoms with Crippen LogP contribution in [0.2, 0.25) is 0 Å². The van der Waals surface area contributed by atoms with Gasteiger partial charge in [-0.25, -0.2) is 14.6 Å². The van der Waals surface area contributed by atoms with E-state index >= 15 is 0 Å². The molecule has 1 fully saturated rings. The molecule has 1 amide bonds. The number of amides is 1. The molecule has 1 aliphatic heterocycles. The summed E-state index contributed by atoms with van der Waals surface area (Å²) < 4.78 is 38.7. The molecule has 1 aliphatic carbocycles. The van der Waals surface area contributed by atoms with Gasteiger partial charge in [-0.3, -0.25) is 9.59 Å². The van der Waals surface area contributed by atoms with E-state index in [0.717, 1.165) is 12.8 Å². The standard InChI is InChI=1S/C25H28FN7O2/c1-6-18(34)16-11-27-19(30-25(35)14-7-8-14)10-17(16)29-24-22-15(9-12(2)28-24)21-20(13(3)32(22)4)23(26)33(5)31-21/h9-11,13-14H,6-8H2,1-5H3,(H2,27,28,29,30,35)/t13-/m1/s1/i1D3. The van der Waals surface area contributed by atoms with Gasteiger partial charge < -0.3 is 15.5 Å². The number of fused-ring (bicyclic) bond motifs is 3. The highest BCUT2D eigenvalue weighted by molar-refractivity contribution is 6.03. The monoisotopic (exact) mass is 480 g/mol. The van der Waals surface area contributed by atoms with Crippen molar-refractivity contribution in [1.82, 2.24) is 19.7 Å². The number of Topliss-reactive ketones (excluding diaryl/α,β-unsaturated/α-hetero) is 1. The highest BCUT2D eigenvalue weighted by Crippen LogP contribution is 2.48. The Hall–Kier alpha value is -3.82. The lowest BCUT2D eigenvalue weighted by atomic mass is 9.95. The molecule has 0 unspecified atom stereocenters. The van der Waals surface area contributed by atoms with Crippen LogP contribution in [0.1, 0.15) is 64.8 Å². The number of nitrogens with one attached hydrogen (secondary N) is 2. The lowest BCUT2D eigenvalue weighted by Crippen LogP contribution is -2.28. The molecule has 4 heterocycles. The van der Waals surface area contributed by atoms with Crippen LogP contribution in [0.3, 0.4) is 0 Å². The Labute approximate surface area is 207 Å². The second kappa shape index (κ2) is 8.44. The molecule has 0 bridgehead atoms. The molecule has 0 radical (unpaired) electrons. The number of nitrogens with zero attached hydrogens (tertiary/aromatic N) is 5. The fraction of sp³-hybridized carbons (Fsp3) is 0.400. The van der Waals surface area contributed by atoms with E-state index in [2.05, 4.69) is 25.7 Å². The summed E-state index contributed by atoms with van der Waals surface area (Å²) in [5.74, 6) is -0.658. The molecule has 0 spiro atoms. The molecule has 0 saturated heterocycles. The molecule has 1 atom stereocenters. The van der Waals surface area contributed by atoms with Crippen molar-refractivity contribution in [2.45, 2.75) is 46.0 Å². The second-order valence-corrected chi connectivity index (χ2v) is 9.08. The van der Waals surface area contributed by atoms with Gasteiger partial charge in [-0.1, -0.05) is 6.85 Å². The average Bonchev–Trinajstić information content (AvgIpc) is 3.62. The number of ketones is 1. The molecule has 35 heavy (non-hydrogen) atoms. The number of aryl methyl sites for hydroxylation is 2. The number of carbonyl (C=O) groups is 2. The summed E-state index contributed by atoms with van der Waals surface area (Å²) in [6, 6.07) is 2.96. The van der Waals surface area contributed by atoms with Gasteiger partial charge in [0.1, 0.15) is 11.5 Å². The molecule has 10 heteroatoms. The Balaban J connectivity index is 1.61. The van der Waals surface area contributed by atoms with Gasteiger partial charge in [0.25, 0.3) is 0 Å². The molecule has 2 aliphatic rings. The first-order chi connectivity index (χ1) is 17.8. The van der Waals surface area contributed by atoms with E-state index in [1.165, 1.54) is 16.9 Å². The number of pyridine rings is 2. The van der Waals surface area contributed by atoms with Crippen molar-refractivity contribution >= 4 is 34.7 Å². The van der Waals surface area contributed by atoms with Crippen LogP contribution in [0, 0.1) is 18.8 Å². The van der Waals surface area contributed by atoms with Crippen LogP contribution in [-0.4, -0.2) is 38.5 Å². The highest BCUT2D eigenvalue weighted by Gasteiger charge is 2.35. The number of halogens is 1. The highest BCUT2D eigenvalue weighted by atomic mass is 19.1. The van der Waals surface area contributed by atoms with Crippen LogP contribution in [0.5, 0.6) is 0 Å². The smallest absolute Gasteiger partial charge is 0.228 e. The fourth-order valence-corrected chi connectivity index (χ4v) is 4.41. The van der Waals surface area contributed by atoms with Crippen molar-refractivity contribution in [3.05, 3.63) is 41.1 Å². The van der Waals surface area contributed by atoms with Gasteiger partial charge in [0.2, 0.25) is 11.9 Å². The Morgan fingerprint density at radius 2 is 2.06 bits per heavy atom. The van der Waals surface area contributed by atoms with Crippen molar-refractivity contribution in [3.63, 3.8) is 0 Å². The zero-order valence-corrected chi connectivity index (χ0v) is 19.9. The summed E-state index contributed by atoms with van der Waals surface area (Å²) in [6.45, 7) is 1.18. The minimum Gasteiger partial charge on any atom is -0.364 e. The van der Waals surface area contributed by atoms with E-state index in [9.17, 15) is 14.0 Å². The quantitative estimate of drug-likeness (QED) is 0.500. The van der Waals surface area contributed by atoms with E-state index in [1.807, 2.05) is 24.9 Å². The molecule has 1 saturated carbocycles. The van der Waals surface area contributed by atoms with Gasteiger partial charge in [0.15, 0.2) is 11.6 Å². The van der Waals surface area contributed by atoms with Gasteiger partial charge in [0.05, 0.1) is 28.5 Å². The Kier molecular flexibility index (Phi) is 4.70. The minimum absolute atomic E-state index is 0.0543. The molecule has 2 N–H and O–H groups in total. The third-order valence-corrected chi connectivity index (χ3v) is 6.56. The topological polar surface area (TPSA) is 105 Å². The van der Waals surface area contributed by atoms with Crippen LogP contribution in [0.15, 0.2) is 18.3 Å². The number of aromatic nitrogens is 4. The van der Waals surface area contributed by atoms with Crippen LogP contribution in [0.4, 0.5) is 27.4 Å². The van der Waals surface area contributed by atoms with E-state index in [0.29, 0.717) is 34.0 Å². The first-order valence-electron chi connectivity index (χ1n) is 12.9. The fourth-order valence-electron chi connectivity index (χ4n) is 4.41. The Morgan fingerprint density at radius 1 is 1.29 bits per heavy atom. The third kappa shape index (κ3) is 3.92. The summed E-state index contributed by atoms with van der Waals surface area (Å²) in [5, 5.41) is 10.4. The van der Waals surface area contributed by atoms with Crippen molar-refractivity contribution in [2.75, 3.05) is 22.6 Å². The van der Waals surface area contributed by atoms with Crippen molar-refractivity contribution < 1.29 is 18.1 Å². The van der Waals surface area contributed by atoms with Gasteiger partial charge in [0, 0.05) is 54.1 Å². The molecule has 9 nitrogen and oxygen atoms in total. The summed E-state index contributed by atoms with van der Waals surface area (Å²) in [4.78, 5) is 36.1. The van der Waals surface area contributed by atoms with Crippen LogP contribution in [-0.2, 0) is 11.8 Å². The predicted molar refractivity (Wildman–Crippen MR) is 131 cm³/mol. The zero-order valence-electron chi connectivity index (χ0n) is 22.9. The predicted octanol–water partition coefficient (Wildman–Crippen LogP) is 4.52. The molecule has 0 aromatic carbocycles. The Bertz CT molecular complexity index is 1470. The third-order valence-electron chi connectivity index (χ3n) is 6.56. The number of carbonyl (C=O) groups excluding carboxylic acids is 2. The minimum atomic E-state index is -2.47. The molecular weight excluding hydrogens is 449 g/mol. The number of hydrogen-bond acceptors (Lipinski definition) is 7. The van der Waals surface area contributed by atoms with E-state index in [4.69, 9.17) is 4.11 Å². The van der Waals surface area contributed by atoms with Gasteiger partial charge in [-0.15, -0.1) is 0 Å². The molecule has 3 aromatic rings. The first kappa shape index (κ1) is 19.5. The largest absolute Gasteiger partial charge is 0.364 e. The number of rotatable bonds is 6. The van der Waals surface area contributed by atoms with Crippen LogP contribution < -0.4 is 15.5 Å². The van der Waals surface area contributed by atoms with Gasteiger partial charge in [-0.2, -0.15) is 9.49 Å². The summed E-state index contributed by atoms with van der Waals surface area (Å²) in [5.41, 5.74) is 3.22. The number of anilines is 4. The second-order valence-electron chi connectivity index (χ2n) is 9.08. The van der Waals surface area contributed by atoms with Crippen molar-refractivity contribution in [1.29, 1.82) is 0 Å². The summed E-state index contributed by atoms with van der Waals surface area (Å²) >= 11 is 0.